The summed E-state index contributed by atoms with van der Waals surface area (Å²) in [6, 6.07) is 7.15. The first kappa shape index (κ1) is 16.2. The van der Waals surface area contributed by atoms with Crippen molar-refractivity contribution < 1.29 is 13.5 Å². The SMILES string of the molecule is CCOc1c(Br)cc(CNc2cc(F)cc(F)c2)cc1Br. The van der Waals surface area contributed by atoms with E-state index in [4.69, 9.17) is 4.74 Å². The third-order valence-electron chi connectivity index (χ3n) is 2.71. The number of halogens is 4. The molecule has 0 heterocycles. The summed E-state index contributed by atoms with van der Waals surface area (Å²) in [4.78, 5) is 0. The highest BCUT2D eigenvalue weighted by Gasteiger charge is 2.09. The van der Waals surface area contributed by atoms with Crippen LogP contribution in [-0.4, -0.2) is 6.61 Å². The molecule has 0 spiro atoms. The zero-order valence-electron chi connectivity index (χ0n) is 11.2. The second-order valence-corrected chi connectivity index (χ2v) is 6.04. The Bertz CT molecular complexity index is 606. The number of nitrogens with one attached hydrogen (secondary N) is 1. The standard InChI is InChI=1S/C15H13Br2F2NO/c1-2-21-15-13(16)3-9(4-14(15)17)8-20-12-6-10(18)5-11(19)7-12/h3-7,20H,2,8H2,1H3. The highest BCUT2D eigenvalue weighted by atomic mass is 79.9. The molecule has 2 nitrogen and oxygen atoms in total. The number of benzene rings is 2. The van der Waals surface area contributed by atoms with E-state index >= 15 is 0 Å². The van der Waals surface area contributed by atoms with Gasteiger partial charge in [0.25, 0.3) is 0 Å². The summed E-state index contributed by atoms with van der Waals surface area (Å²) in [5.74, 6) is -0.476. The fourth-order valence-corrected chi connectivity index (χ4v) is 3.37. The maximum Gasteiger partial charge on any atom is 0.147 e. The second kappa shape index (κ2) is 7.22. The summed E-state index contributed by atoms with van der Waals surface area (Å²) >= 11 is 6.89. The molecule has 1 N–H and O–H groups in total. The molecule has 0 unspecified atom stereocenters. The van der Waals surface area contributed by atoms with Crippen LogP contribution >= 0.6 is 31.9 Å². The minimum atomic E-state index is -0.605. The van der Waals surface area contributed by atoms with Crippen LogP contribution in [0.25, 0.3) is 0 Å². The van der Waals surface area contributed by atoms with Gasteiger partial charge in [0.2, 0.25) is 0 Å². The molecule has 2 rings (SSSR count). The summed E-state index contributed by atoms with van der Waals surface area (Å²) in [6.07, 6.45) is 0. The quantitative estimate of drug-likeness (QED) is 0.689. The molecule has 0 saturated carbocycles. The van der Waals surface area contributed by atoms with Gasteiger partial charge in [0.15, 0.2) is 0 Å². The molecule has 2 aromatic rings. The zero-order chi connectivity index (χ0) is 15.4. The lowest BCUT2D eigenvalue weighted by molar-refractivity contribution is 0.336. The molecule has 6 heteroatoms. The molecule has 0 fully saturated rings. The van der Waals surface area contributed by atoms with Gasteiger partial charge in [0, 0.05) is 18.3 Å². The van der Waals surface area contributed by atoms with E-state index in [2.05, 4.69) is 37.2 Å². The minimum Gasteiger partial charge on any atom is -0.492 e. The fourth-order valence-electron chi connectivity index (χ4n) is 1.86. The van der Waals surface area contributed by atoms with E-state index < -0.39 is 11.6 Å². The van der Waals surface area contributed by atoms with Crippen LogP contribution in [-0.2, 0) is 6.54 Å². The predicted molar refractivity (Wildman–Crippen MR) is 86.7 cm³/mol. The molecular formula is C15H13Br2F2NO. The molecule has 112 valence electrons. The van der Waals surface area contributed by atoms with Gasteiger partial charge in [0.1, 0.15) is 17.4 Å². The molecule has 21 heavy (non-hydrogen) atoms. The summed E-state index contributed by atoms with van der Waals surface area (Å²) in [5.41, 5.74) is 1.34. The van der Waals surface area contributed by atoms with E-state index in [1.54, 1.807) is 0 Å². The number of ether oxygens (including phenoxy) is 1. The monoisotopic (exact) mass is 419 g/mol. The van der Waals surface area contributed by atoms with Crippen LogP contribution in [0.15, 0.2) is 39.3 Å². The van der Waals surface area contributed by atoms with Gasteiger partial charge in [-0.25, -0.2) is 8.78 Å². The lowest BCUT2D eigenvalue weighted by Crippen LogP contribution is -2.02. The highest BCUT2D eigenvalue weighted by Crippen LogP contribution is 2.35. The lowest BCUT2D eigenvalue weighted by atomic mass is 10.2. The number of rotatable bonds is 5. The van der Waals surface area contributed by atoms with E-state index in [1.807, 2.05) is 19.1 Å². The fraction of sp³-hybridized carbons (Fsp3) is 0.200. The van der Waals surface area contributed by atoms with Gasteiger partial charge < -0.3 is 10.1 Å². The molecule has 0 bridgehead atoms. The van der Waals surface area contributed by atoms with Crippen LogP contribution in [0.1, 0.15) is 12.5 Å². The van der Waals surface area contributed by atoms with Crippen molar-refractivity contribution in [3.63, 3.8) is 0 Å². The van der Waals surface area contributed by atoms with Gasteiger partial charge in [-0.3, -0.25) is 0 Å². The predicted octanol–water partition coefficient (Wildman–Crippen LogP) is 5.50. The Morgan fingerprint density at radius 2 is 1.57 bits per heavy atom. The Labute approximate surface area is 138 Å². The molecule has 0 amide bonds. The third kappa shape index (κ3) is 4.41. The number of hydrogen-bond acceptors (Lipinski definition) is 2. The van der Waals surface area contributed by atoms with Crippen LogP contribution in [0, 0.1) is 11.6 Å². The number of hydrogen-bond donors (Lipinski definition) is 1. The first-order valence-corrected chi connectivity index (χ1v) is 7.89. The van der Waals surface area contributed by atoms with Gasteiger partial charge in [-0.1, -0.05) is 0 Å². The van der Waals surface area contributed by atoms with Gasteiger partial charge in [-0.05, 0) is 68.6 Å². The van der Waals surface area contributed by atoms with Crippen LogP contribution in [0.4, 0.5) is 14.5 Å². The van der Waals surface area contributed by atoms with E-state index in [0.29, 0.717) is 18.8 Å². The van der Waals surface area contributed by atoms with Gasteiger partial charge in [-0.2, -0.15) is 0 Å². The molecule has 0 aromatic heterocycles. The van der Waals surface area contributed by atoms with Gasteiger partial charge >= 0.3 is 0 Å². The maximum absolute atomic E-state index is 13.1. The zero-order valence-corrected chi connectivity index (χ0v) is 14.4. The average molecular weight is 421 g/mol. The van der Waals surface area contributed by atoms with Crippen molar-refractivity contribution in [2.45, 2.75) is 13.5 Å². The van der Waals surface area contributed by atoms with Crippen molar-refractivity contribution in [3.8, 4) is 5.75 Å². The van der Waals surface area contributed by atoms with Gasteiger partial charge in [0.05, 0.1) is 15.6 Å². The minimum absolute atomic E-state index is 0.397. The molecular weight excluding hydrogens is 408 g/mol. The summed E-state index contributed by atoms with van der Waals surface area (Å²) < 4.78 is 33.4. The molecule has 2 aromatic carbocycles. The van der Waals surface area contributed by atoms with Crippen molar-refractivity contribution in [1.82, 2.24) is 0 Å². The molecule has 0 radical (unpaired) electrons. The van der Waals surface area contributed by atoms with Crippen molar-refractivity contribution in [3.05, 3.63) is 56.5 Å². The van der Waals surface area contributed by atoms with Gasteiger partial charge in [-0.15, -0.1) is 0 Å². The summed E-state index contributed by atoms with van der Waals surface area (Å²) in [7, 11) is 0. The molecule has 0 aliphatic rings. The van der Waals surface area contributed by atoms with Crippen molar-refractivity contribution >= 4 is 37.5 Å². The summed E-state index contributed by atoms with van der Waals surface area (Å²) in [5, 5.41) is 2.99. The Morgan fingerprint density at radius 3 is 2.10 bits per heavy atom. The molecule has 0 atom stereocenters. The smallest absolute Gasteiger partial charge is 0.147 e. The van der Waals surface area contributed by atoms with E-state index in [1.165, 1.54) is 12.1 Å². The van der Waals surface area contributed by atoms with Crippen molar-refractivity contribution in [2.24, 2.45) is 0 Å². The first-order chi connectivity index (χ1) is 9.99. The maximum atomic E-state index is 13.1. The van der Waals surface area contributed by atoms with Crippen molar-refractivity contribution in [2.75, 3.05) is 11.9 Å². The lowest BCUT2D eigenvalue weighted by Gasteiger charge is -2.12. The van der Waals surface area contributed by atoms with Crippen molar-refractivity contribution in [1.29, 1.82) is 0 Å². The number of anilines is 1. The van der Waals surface area contributed by atoms with Crippen LogP contribution in [0.2, 0.25) is 0 Å². The Morgan fingerprint density at radius 1 is 1.00 bits per heavy atom. The molecule has 0 saturated heterocycles. The normalized spacial score (nSPS) is 10.5. The summed E-state index contributed by atoms with van der Waals surface area (Å²) in [6.45, 7) is 2.91. The first-order valence-electron chi connectivity index (χ1n) is 6.30. The van der Waals surface area contributed by atoms with Crippen LogP contribution in [0.3, 0.4) is 0 Å². The van der Waals surface area contributed by atoms with E-state index in [-0.39, 0.29) is 0 Å². The highest BCUT2D eigenvalue weighted by molar-refractivity contribution is 9.11. The second-order valence-electron chi connectivity index (χ2n) is 4.33. The average Bonchev–Trinajstić information content (AvgIpc) is 2.39. The Kier molecular flexibility index (Phi) is 5.58. The molecule has 0 aliphatic carbocycles. The van der Waals surface area contributed by atoms with E-state index in [0.717, 1.165) is 26.3 Å². The largest absolute Gasteiger partial charge is 0.492 e. The third-order valence-corrected chi connectivity index (χ3v) is 3.88. The Hall–Kier alpha value is -1.14. The van der Waals surface area contributed by atoms with Crippen LogP contribution < -0.4 is 10.1 Å². The Balaban J connectivity index is 2.13. The van der Waals surface area contributed by atoms with E-state index in [9.17, 15) is 8.78 Å². The topological polar surface area (TPSA) is 21.3 Å². The van der Waals surface area contributed by atoms with Crippen LogP contribution in [0.5, 0.6) is 5.75 Å². The molecule has 0 aliphatic heterocycles.